The maximum absolute atomic E-state index is 5.07. The molecule has 0 saturated carbocycles. The molecule has 0 amide bonds. The Morgan fingerprint density at radius 2 is 1.91 bits per heavy atom. The fourth-order valence-electron chi connectivity index (χ4n) is 2.19. The standard InChI is InChI=1S/C17H23N3OS/c1-12-11-17(20-14(3)18-12)19-13(2)15-5-7-16(8-6-15)22-10-9-21-4/h5-8,11,13H,9-10H2,1-4H3,(H,18,19,20). The number of ether oxygens (including phenoxy) is 1. The van der Waals surface area contributed by atoms with Crippen LogP contribution in [-0.2, 0) is 4.74 Å². The molecule has 0 radical (unpaired) electrons. The molecule has 1 atom stereocenters. The van der Waals surface area contributed by atoms with Gasteiger partial charge in [-0.25, -0.2) is 9.97 Å². The quantitative estimate of drug-likeness (QED) is 0.617. The number of nitrogens with one attached hydrogen (secondary N) is 1. The van der Waals surface area contributed by atoms with E-state index in [-0.39, 0.29) is 6.04 Å². The molecule has 0 aliphatic carbocycles. The monoisotopic (exact) mass is 317 g/mol. The molecule has 2 rings (SSSR count). The topological polar surface area (TPSA) is 47.0 Å². The number of aromatic nitrogens is 2. The van der Waals surface area contributed by atoms with Crippen molar-refractivity contribution in [2.75, 3.05) is 24.8 Å². The predicted octanol–water partition coefficient (Wildman–Crippen LogP) is 4.01. The lowest BCUT2D eigenvalue weighted by molar-refractivity contribution is 0.218. The predicted molar refractivity (Wildman–Crippen MR) is 92.6 cm³/mol. The van der Waals surface area contributed by atoms with Gasteiger partial charge in [0.05, 0.1) is 6.61 Å². The molecule has 0 bridgehead atoms. The summed E-state index contributed by atoms with van der Waals surface area (Å²) in [5.41, 5.74) is 2.22. The van der Waals surface area contributed by atoms with E-state index in [9.17, 15) is 0 Å². The van der Waals surface area contributed by atoms with E-state index in [1.165, 1.54) is 10.5 Å². The molecule has 118 valence electrons. The summed E-state index contributed by atoms with van der Waals surface area (Å²) in [5.74, 6) is 2.64. The van der Waals surface area contributed by atoms with Gasteiger partial charge in [-0.05, 0) is 38.5 Å². The fraction of sp³-hybridized carbons (Fsp3) is 0.412. The van der Waals surface area contributed by atoms with Crippen molar-refractivity contribution in [2.45, 2.75) is 31.7 Å². The van der Waals surface area contributed by atoms with E-state index in [0.29, 0.717) is 0 Å². The van der Waals surface area contributed by atoms with E-state index >= 15 is 0 Å². The van der Waals surface area contributed by atoms with Gasteiger partial charge in [0.25, 0.3) is 0 Å². The third kappa shape index (κ3) is 5.00. The molecule has 0 saturated heterocycles. The lowest BCUT2D eigenvalue weighted by Gasteiger charge is -2.16. The first-order chi connectivity index (χ1) is 10.6. The van der Waals surface area contributed by atoms with Gasteiger partial charge in [-0.2, -0.15) is 0 Å². The van der Waals surface area contributed by atoms with E-state index < -0.39 is 0 Å². The molecule has 5 heteroatoms. The maximum Gasteiger partial charge on any atom is 0.130 e. The molecule has 2 aromatic rings. The lowest BCUT2D eigenvalue weighted by Crippen LogP contribution is -2.09. The highest BCUT2D eigenvalue weighted by Gasteiger charge is 2.07. The molecular weight excluding hydrogens is 294 g/mol. The van der Waals surface area contributed by atoms with Crippen LogP contribution in [0.1, 0.15) is 30.0 Å². The summed E-state index contributed by atoms with van der Waals surface area (Å²) in [6.45, 7) is 6.81. The molecule has 1 unspecified atom stereocenters. The van der Waals surface area contributed by atoms with E-state index in [1.807, 2.05) is 31.7 Å². The molecule has 1 heterocycles. The van der Waals surface area contributed by atoms with Crippen molar-refractivity contribution in [3.05, 3.63) is 47.4 Å². The first-order valence-electron chi connectivity index (χ1n) is 7.39. The Balaban J connectivity index is 1.98. The van der Waals surface area contributed by atoms with Gasteiger partial charge in [0, 0.05) is 35.6 Å². The number of nitrogens with zero attached hydrogens (tertiary/aromatic N) is 2. The van der Waals surface area contributed by atoms with E-state index in [1.54, 1.807) is 7.11 Å². The molecule has 0 aliphatic heterocycles. The summed E-state index contributed by atoms with van der Waals surface area (Å²) in [6.07, 6.45) is 0. The van der Waals surface area contributed by atoms with Crippen LogP contribution < -0.4 is 5.32 Å². The van der Waals surface area contributed by atoms with Crippen LogP contribution in [0.25, 0.3) is 0 Å². The molecule has 0 aliphatic rings. The Hall–Kier alpha value is -1.59. The van der Waals surface area contributed by atoms with E-state index in [4.69, 9.17) is 4.74 Å². The van der Waals surface area contributed by atoms with Crippen molar-refractivity contribution in [1.82, 2.24) is 9.97 Å². The van der Waals surface area contributed by atoms with Crippen molar-refractivity contribution >= 4 is 17.6 Å². The summed E-state index contributed by atoms with van der Waals surface area (Å²) in [7, 11) is 1.73. The Labute approximate surface area is 136 Å². The van der Waals surface area contributed by atoms with Gasteiger partial charge in [0.15, 0.2) is 0 Å². The summed E-state index contributed by atoms with van der Waals surface area (Å²) < 4.78 is 5.07. The SMILES string of the molecule is COCCSc1ccc(C(C)Nc2cc(C)nc(C)n2)cc1. The van der Waals surface area contributed by atoms with E-state index in [0.717, 1.165) is 29.7 Å². The Morgan fingerprint density at radius 1 is 1.18 bits per heavy atom. The van der Waals surface area contributed by atoms with Crippen molar-refractivity contribution in [3.63, 3.8) is 0 Å². The van der Waals surface area contributed by atoms with Crippen LogP contribution in [0.2, 0.25) is 0 Å². The minimum Gasteiger partial charge on any atom is -0.384 e. The third-order valence-corrected chi connectivity index (χ3v) is 4.24. The van der Waals surface area contributed by atoms with Gasteiger partial charge in [-0.3, -0.25) is 0 Å². The zero-order valence-electron chi connectivity index (χ0n) is 13.6. The first-order valence-corrected chi connectivity index (χ1v) is 8.37. The molecule has 0 fully saturated rings. The second-order valence-corrected chi connectivity index (χ2v) is 6.39. The van der Waals surface area contributed by atoms with Crippen LogP contribution in [0.3, 0.4) is 0 Å². The summed E-state index contributed by atoms with van der Waals surface area (Å²) in [4.78, 5) is 9.99. The highest BCUT2D eigenvalue weighted by atomic mass is 32.2. The van der Waals surface area contributed by atoms with Crippen LogP contribution >= 0.6 is 11.8 Å². The molecule has 4 nitrogen and oxygen atoms in total. The summed E-state index contributed by atoms with van der Waals surface area (Å²) in [6, 6.07) is 10.8. The van der Waals surface area contributed by atoms with Crippen molar-refractivity contribution in [2.24, 2.45) is 0 Å². The van der Waals surface area contributed by atoms with Gasteiger partial charge in [-0.1, -0.05) is 12.1 Å². The minimum absolute atomic E-state index is 0.201. The Kier molecular flexibility index (Phi) is 6.21. The molecule has 1 N–H and O–H groups in total. The van der Waals surface area contributed by atoms with Gasteiger partial charge >= 0.3 is 0 Å². The average Bonchev–Trinajstić information content (AvgIpc) is 2.47. The molecule has 0 spiro atoms. The van der Waals surface area contributed by atoms with Crippen molar-refractivity contribution < 1.29 is 4.74 Å². The van der Waals surface area contributed by atoms with Crippen LogP contribution in [0, 0.1) is 13.8 Å². The molecule has 1 aromatic carbocycles. The highest BCUT2D eigenvalue weighted by Crippen LogP contribution is 2.23. The van der Waals surface area contributed by atoms with Crippen LogP contribution in [0.5, 0.6) is 0 Å². The Bertz CT molecular complexity index is 581. The largest absolute Gasteiger partial charge is 0.384 e. The number of thioether (sulfide) groups is 1. The fourth-order valence-corrected chi connectivity index (χ4v) is 3.01. The van der Waals surface area contributed by atoms with Gasteiger partial charge in [0.2, 0.25) is 0 Å². The van der Waals surface area contributed by atoms with Crippen molar-refractivity contribution in [1.29, 1.82) is 0 Å². The smallest absolute Gasteiger partial charge is 0.130 e. The van der Waals surface area contributed by atoms with Crippen LogP contribution in [-0.4, -0.2) is 29.4 Å². The summed E-state index contributed by atoms with van der Waals surface area (Å²) in [5, 5.41) is 3.43. The second-order valence-electron chi connectivity index (χ2n) is 5.22. The van der Waals surface area contributed by atoms with Crippen LogP contribution in [0.15, 0.2) is 35.2 Å². The number of rotatable bonds is 7. The second kappa shape index (κ2) is 8.15. The van der Waals surface area contributed by atoms with Gasteiger partial charge in [0.1, 0.15) is 11.6 Å². The van der Waals surface area contributed by atoms with Crippen molar-refractivity contribution in [3.8, 4) is 0 Å². The number of benzene rings is 1. The number of hydrogen-bond donors (Lipinski definition) is 1. The lowest BCUT2D eigenvalue weighted by atomic mass is 10.1. The van der Waals surface area contributed by atoms with E-state index in [2.05, 4.69) is 46.5 Å². The van der Waals surface area contributed by atoms with Crippen LogP contribution in [0.4, 0.5) is 5.82 Å². The van der Waals surface area contributed by atoms with Gasteiger partial charge < -0.3 is 10.1 Å². The Morgan fingerprint density at radius 3 is 2.55 bits per heavy atom. The molecule has 22 heavy (non-hydrogen) atoms. The number of aryl methyl sites for hydroxylation is 2. The number of methoxy groups -OCH3 is 1. The normalized spacial score (nSPS) is 12.2. The zero-order chi connectivity index (χ0) is 15.9. The maximum atomic E-state index is 5.07. The number of hydrogen-bond acceptors (Lipinski definition) is 5. The molecule has 1 aromatic heterocycles. The first kappa shape index (κ1) is 16.8. The molecular formula is C17H23N3OS. The average molecular weight is 317 g/mol. The highest BCUT2D eigenvalue weighted by molar-refractivity contribution is 7.99. The number of anilines is 1. The summed E-state index contributed by atoms with van der Waals surface area (Å²) >= 11 is 1.81. The minimum atomic E-state index is 0.201. The third-order valence-electron chi connectivity index (χ3n) is 3.27. The van der Waals surface area contributed by atoms with Gasteiger partial charge in [-0.15, -0.1) is 11.8 Å². The zero-order valence-corrected chi connectivity index (χ0v) is 14.4.